The molecule has 8 heteroatoms. The molecular weight excluding hydrogens is 338 g/mol. The summed E-state index contributed by atoms with van der Waals surface area (Å²) in [5, 5.41) is 6.80. The number of nitrogens with zero attached hydrogens (tertiary/aromatic N) is 4. The number of hydrogen-bond donors (Lipinski definition) is 1. The Morgan fingerprint density at radius 2 is 2.24 bits per heavy atom. The lowest BCUT2D eigenvalue weighted by Crippen LogP contribution is -2.31. The van der Waals surface area contributed by atoms with Gasteiger partial charge in [0, 0.05) is 13.5 Å². The van der Waals surface area contributed by atoms with Gasteiger partial charge in [-0.2, -0.15) is 0 Å². The molecule has 1 atom stereocenters. The molecule has 132 valence electrons. The number of amides is 2. The van der Waals surface area contributed by atoms with E-state index < -0.39 is 0 Å². The summed E-state index contributed by atoms with van der Waals surface area (Å²) < 4.78 is 3.93. The Hall–Kier alpha value is -2.35. The molecule has 1 saturated heterocycles. The van der Waals surface area contributed by atoms with Crippen molar-refractivity contribution < 1.29 is 9.59 Å². The number of rotatable bonds is 5. The highest BCUT2D eigenvalue weighted by molar-refractivity contribution is 7.08. The Kier molecular flexibility index (Phi) is 5.37. The van der Waals surface area contributed by atoms with Gasteiger partial charge in [-0.25, -0.2) is 0 Å². The maximum Gasteiger partial charge on any atom is 0.268 e. The summed E-state index contributed by atoms with van der Waals surface area (Å²) in [5.74, 6) is -0.0990. The summed E-state index contributed by atoms with van der Waals surface area (Å²) in [5.41, 5.74) is 2.41. The number of carbonyl (C=O) groups is 2. The maximum absolute atomic E-state index is 12.9. The number of aromatic nitrogens is 3. The van der Waals surface area contributed by atoms with Crippen LogP contribution in [0.5, 0.6) is 0 Å². The molecule has 0 bridgehead atoms. The Morgan fingerprint density at radius 3 is 3.00 bits per heavy atom. The van der Waals surface area contributed by atoms with Crippen LogP contribution in [0.4, 0.5) is 0 Å². The number of carbonyl (C=O) groups excluding carboxylic acids is 2. The van der Waals surface area contributed by atoms with Gasteiger partial charge in [0.25, 0.3) is 5.91 Å². The van der Waals surface area contributed by atoms with Crippen LogP contribution in [0.2, 0.25) is 0 Å². The molecule has 1 fully saturated rings. The third kappa shape index (κ3) is 3.84. The van der Waals surface area contributed by atoms with Gasteiger partial charge in [-0.1, -0.05) is 17.5 Å². The predicted molar refractivity (Wildman–Crippen MR) is 94.1 cm³/mol. The lowest BCUT2D eigenvalue weighted by atomic mass is 10.1. The van der Waals surface area contributed by atoms with Crippen molar-refractivity contribution in [3.63, 3.8) is 0 Å². The molecule has 3 heterocycles. The Morgan fingerprint density at radius 1 is 1.40 bits per heavy atom. The minimum atomic E-state index is -0.0883. The van der Waals surface area contributed by atoms with E-state index in [9.17, 15) is 9.59 Å². The zero-order chi connectivity index (χ0) is 17.8. The normalized spacial score (nSPS) is 16.9. The van der Waals surface area contributed by atoms with Gasteiger partial charge in [0.05, 0.1) is 29.7 Å². The maximum atomic E-state index is 12.9. The van der Waals surface area contributed by atoms with Gasteiger partial charge < -0.3 is 10.2 Å². The summed E-state index contributed by atoms with van der Waals surface area (Å²) in [7, 11) is 0. The second kappa shape index (κ2) is 7.69. The fraction of sp³-hybridized carbons (Fsp3) is 0.471. The fourth-order valence-electron chi connectivity index (χ4n) is 3.05. The van der Waals surface area contributed by atoms with E-state index in [1.165, 1.54) is 6.92 Å². The summed E-state index contributed by atoms with van der Waals surface area (Å²) in [4.78, 5) is 31.2. The van der Waals surface area contributed by atoms with Gasteiger partial charge in [-0.15, -0.1) is 5.10 Å². The predicted octanol–water partition coefficient (Wildman–Crippen LogP) is 2.11. The second-order valence-electron chi connectivity index (χ2n) is 6.02. The number of pyridine rings is 1. The molecule has 0 saturated carbocycles. The van der Waals surface area contributed by atoms with Crippen molar-refractivity contribution >= 4 is 23.3 Å². The van der Waals surface area contributed by atoms with Crippen molar-refractivity contribution in [3.8, 4) is 0 Å². The van der Waals surface area contributed by atoms with Crippen LogP contribution >= 0.6 is 11.5 Å². The molecule has 0 radical (unpaired) electrons. The fourth-order valence-corrected chi connectivity index (χ4v) is 3.75. The molecule has 3 rings (SSSR count). The molecule has 0 aromatic carbocycles. The van der Waals surface area contributed by atoms with E-state index in [2.05, 4.69) is 19.9 Å². The molecule has 1 N–H and O–H groups in total. The summed E-state index contributed by atoms with van der Waals surface area (Å²) in [6.45, 7) is 4.56. The number of hydrogen-bond acceptors (Lipinski definition) is 6. The van der Waals surface area contributed by atoms with E-state index in [-0.39, 0.29) is 17.9 Å². The molecule has 0 spiro atoms. The first-order valence-corrected chi connectivity index (χ1v) is 9.20. The first-order valence-electron chi connectivity index (χ1n) is 8.42. The molecule has 2 aromatic rings. The van der Waals surface area contributed by atoms with Gasteiger partial charge in [0.2, 0.25) is 5.91 Å². The van der Waals surface area contributed by atoms with Crippen molar-refractivity contribution in [1.82, 2.24) is 24.8 Å². The third-order valence-corrected chi connectivity index (χ3v) is 5.04. The van der Waals surface area contributed by atoms with Crippen molar-refractivity contribution in [2.45, 2.75) is 45.7 Å². The van der Waals surface area contributed by atoms with Crippen molar-refractivity contribution in [2.75, 3.05) is 6.54 Å². The Balaban J connectivity index is 1.81. The number of nitrogens with one attached hydrogen (secondary N) is 1. The van der Waals surface area contributed by atoms with E-state index in [0.717, 1.165) is 41.5 Å². The second-order valence-corrected chi connectivity index (χ2v) is 6.78. The van der Waals surface area contributed by atoms with E-state index in [1.807, 2.05) is 30.0 Å². The zero-order valence-corrected chi connectivity index (χ0v) is 15.2. The molecule has 2 aromatic heterocycles. The van der Waals surface area contributed by atoms with Gasteiger partial charge in [-0.05, 0) is 42.9 Å². The van der Waals surface area contributed by atoms with E-state index in [1.54, 1.807) is 0 Å². The molecule has 1 aliphatic rings. The molecular formula is C17H21N5O2S. The van der Waals surface area contributed by atoms with E-state index in [0.29, 0.717) is 24.4 Å². The van der Waals surface area contributed by atoms with Crippen LogP contribution in [0.1, 0.15) is 59.5 Å². The highest BCUT2D eigenvalue weighted by Crippen LogP contribution is 2.33. The third-order valence-electron chi connectivity index (χ3n) is 4.29. The summed E-state index contributed by atoms with van der Waals surface area (Å²) >= 11 is 1.16. The first kappa shape index (κ1) is 17.5. The van der Waals surface area contributed by atoms with Crippen LogP contribution in [0.15, 0.2) is 18.2 Å². The van der Waals surface area contributed by atoms with E-state index in [4.69, 9.17) is 0 Å². The average molecular weight is 359 g/mol. The van der Waals surface area contributed by atoms with Gasteiger partial charge in [-0.3, -0.25) is 14.6 Å². The monoisotopic (exact) mass is 359 g/mol. The molecule has 0 unspecified atom stereocenters. The standard InChI is InChI=1S/C17H21N5O2S/c1-3-13-16(25-21-20-13)17(24)22-9-5-8-15(22)14-7-4-6-12(19-14)10-18-11(2)23/h4,6-7,15H,3,5,8-10H2,1-2H3,(H,18,23)/t15-/m0/s1. The quantitative estimate of drug-likeness (QED) is 0.883. The zero-order valence-electron chi connectivity index (χ0n) is 14.4. The molecule has 7 nitrogen and oxygen atoms in total. The van der Waals surface area contributed by atoms with Crippen LogP contribution in [-0.4, -0.2) is 37.8 Å². The molecule has 1 aliphatic heterocycles. The highest BCUT2D eigenvalue weighted by atomic mass is 32.1. The van der Waals surface area contributed by atoms with Crippen LogP contribution in [0, 0.1) is 0 Å². The lowest BCUT2D eigenvalue weighted by Gasteiger charge is -2.24. The number of likely N-dealkylation sites (tertiary alicyclic amines) is 1. The first-order chi connectivity index (χ1) is 12.1. The minimum Gasteiger partial charge on any atom is -0.351 e. The summed E-state index contributed by atoms with van der Waals surface area (Å²) in [6, 6.07) is 5.70. The Labute approximate surface area is 150 Å². The lowest BCUT2D eigenvalue weighted by molar-refractivity contribution is -0.119. The molecule has 0 aliphatic carbocycles. The number of aryl methyl sites for hydroxylation is 1. The van der Waals surface area contributed by atoms with E-state index >= 15 is 0 Å². The van der Waals surface area contributed by atoms with Crippen molar-refractivity contribution in [2.24, 2.45) is 0 Å². The van der Waals surface area contributed by atoms with Gasteiger partial charge >= 0.3 is 0 Å². The smallest absolute Gasteiger partial charge is 0.268 e. The molecule has 2 amide bonds. The van der Waals surface area contributed by atoms with Crippen LogP contribution in [0.25, 0.3) is 0 Å². The topological polar surface area (TPSA) is 88.1 Å². The van der Waals surface area contributed by atoms with Gasteiger partial charge in [0.1, 0.15) is 4.88 Å². The van der Waals surface area contributed by atoms with Crippen LogP contribution < -0.4 is 5.32 Å². The SMILES string of the molecule is CCc1nnsc1C(=O)N1CCC[C@H]1c1cccc(CNC(C)=O)n1. The summed E-state index contributed by atoms with van der Waals surface area (Å²) in [6.07, 6.45) is 2.53. The highest BCUT2D eigenvalue weighted by Gasteiger charge is 2.33. The van der Waals surface area contributed by atoms with Crippen LogP contribution in [-0.2, 0) is 17.8 Å². The minimum absolute atomic E-state index is 0.0107. The largest absolute Gasteiger partial charge is 0.351 e. The average Bonchev–Trinajstić information content (AvgIpc) is 3.28. The van der Waals surface area contributed by atoms with Gasteiger partial charge in [0.15, 0.2) is 0 Å². The molecule has 25 heavy (non-hydrogen) atoms. The Bertz CT molecular complexity index is 776. The van der Waals surface area contributed by atoms with Crippen molar-refractivity contribution in [1.29, 1.82) is 0 Å². The van der Waals surface area contributed by atoms with Crippen molar-refractivity contribution in [3.05, 3.63) is 40.2 Å². The van der Waals surface area contributed by atoms with Crippen LogP contribution in [0.3, 0.4) is 0 Å².